The Morgan fingerprint density at radius 3 is 2.09 bits per heavy atom. The van der Waals surface area contributed by atoms with Gasteiger partial charge in [0.15, 0.2) is 0 Å². The molecule has 0 aliphatic heterocycles. The first-order valence-electron chi connectivity index (χ1n) is 14.4. The van der Waals surface area contributed by atoms with Crippen molar-refractivity contribution < 1.29 is 22.7 Å². The van der Waals surface area contributed by atoms with Gasteiger partial charge < -0.3 is 15.0 Å². The Hall–Kier alpha value is -3.27. The molecule has 1 atom stereocenters. The quantitative estimate of drug-likeness (QED) is 0.233. The minimum Gasteiger partial charge on any atom is -0.457 e. The molecule has 1 saturated carbocycles. The van der Waals surface area contributed by atoms with Crippen LogP contribution in [0, 0.1) is 0 Å². The van der Waals surface area contributed by atoms with Crippen molar-refractivity contribution in [1.82, 2.24) is 10.2 Å². The number of anilines is 1. The molecule has 4 rings (SSSR count). The van der Waals surface area contributed by atoms with Gasteiger partial charge in [-0.2, -0.15) is 0 Å². The second-order valence-corrected chi connectivity index (χ2v) is 13.4. The standard InChI is InChI=1S/C32H37Cl2N3O5S/c1-3-30(32(39)35-23-11-6-4-7-12-23)36(21-27-28(33)15-10-16-29(27)34)31(38)22-37(43(2,40)41)24-17-19-26(20-18-24)42-25-13-8-5-9-14-25/h5,8-10,13-20,23,30H,3-4,6-7,11-12,21-22H2,1-2H3,(H,35,39)/t30-/m1/s1. The summed E-state index contributed by atoms with van der Waals surface area (Å²) in [6, 6.07) is 19.8. The van der Waals surface area contributed by atoms with Gasteiger partial charge in [0.1, 0.15) is 24.1 Å². The molecule has 1 aliphatic carbocycles. The summed E-state index contributed by atoms with van der Waals surface area (Å²) in [6.07, 6.45) is 6.35. The maximum atomic E-state index is 14.0. The molecule has 0 radical (unpaired) electrons. The van der Waals surface area contributed by atoms with E-state index < -0.39 is 28.5 Å². The number of amides is 2. The zero-order chi connectivity index (χ0) is 31.0. The first kappa shape index (κ1) is 32.6. The largest absolute Gasteiger partial charge is 0.457 e. The molecule has 1 aliphatic rings. The van der Waals surface area contributed by atoms with Gasteiger partial charge in [0.2, 0.25) is 21.8 Å². The normalized spacial score (nSPS) is 14.5. The number of ether oxygens (including phenoxy) is 1. The van der Waals surface area contributed by atoms with Crippen LogP contribution < -0.4 is 14.4 Å². The summed E-state index contributed by atoms with van der Waals surface area (Å²) in [5.41, 5.74) is 0.767. The molecule has 1 N–H and O–H groups in total. The van der Waals surface area contributed by atoms with Crippen LogP contribution in [0.5, 0.6) is 11.5 Å². The third kappa shape index (κ3) is 8.87. The second kappa shape index (κ2) is 14.9. The van der Waals surface area contributed by atoms with Crippen molar-refractivity contribution >= 4 is 50.7 Å². The maximum Gasteiger partial charge on any atom is 0.244 e. The van der Waals surface area contributed by atoms with E-state index in [9.17, 15) is 18.0 Å². The summed E-state index contributed by atoms with van der Waals surface area (Å²) in [4.78, 5) is 29.0. The first-order chi connectivity index (χ1) is 20.6. The van der Waals surface area contributed by atoms with Crippen LogP contribution in [-0.2, 0) is 26.2 Å². The maximum absolute atomic E-state index is 14.0. The number of para-hydroxylation sites is 1. The molecule has 11 heteroatoms. The zero-order valence-corrected chi connectivity index (χ0v) is 26.7. The van der Waals surface area contributed by atoms with E-state index in [1.807, 2.05) is 37.3 Å². The molecule has 0 bridgehead atoms. The molecule has 0 unspecified atom stereocenters. The zero-order valence-electron chi connectivity index (χ0n) is 24.3. The minimum atomic E-state index is -3.89. The van der Waals surface area contributed by atoms with Gasteiger partial charge in [0.05, 0.1) is 11.9 Å². The van der Waals surface area contributed by atoms with Gasteiger partial charge in [-0.1, -0.05) is 73.7 Å². The van der Waals surface area contributed by atoms with E-state index in [2.05, 4.69) is 5.32 Å². The van der Waals surface area contributed by atoms with E-state index in [1.54, 1.807) is 42.5 Å². The highest BCUT2D eigenvalue weighted by atomic mass is 35.5. The minimum absolute atomic E-state index is 0.0419. The van der Waals surface area contributed by atoms with Crippen LogP contribution in [0.2, 0.25) is 10.0 Å². The van der Waals surface area contributed by atoms with Crippen LogP contribution >= 0.6 is 23.2 Å². The molecule has 0 saturated heterocycles. The van der Waals surface area contributed by atoms with Crippen molar-refractivity contribution in [3.05, 3.63) is 88.4 Å². The third-order valence-electron chi connectivity index (χ3n) is 7.51. The Kier molecular flexibility index (Phi) is 11.3. The van der Waals surface area contributed by atoms with Crippen LogP contribution in [0.15, 0.2) is 72.8 Å². The highest BCUT2D eigenvalue weighted by molar-refractivity contribution is 7.92. The SMILES string of the molecule is CC[C@H](C(=O)NC1CCCCC1)N(Cc1c(Cl)cccc1Cl)C(=O)CN(c1ccc(Oc2ccccc2)cc1)S(C)(=O)=O. The monoisotopic (exact) mass is 645 g/mol. The number of carbonyl (C=O) groups is 2. The highest BCUT2D eigenvalue weighted by Gasteiger charge is 2.33. The number of hydrogen-bond donors (Lipinski definition) is 1. The lowest BCUT2D eigenvalue weighted by Gasteiger charge is -2.34. The van der Waals surface area contributed by atoms with E-state index in [0.717, 1.165) is 42.7 Å². The van der Waals surface area contributed by atoms with Gasteiger partial charge in [-0.15, -0.1) is 0 Å². The first-order valence-corrected chi connectivity index (χ1v) is 17.0. The average Bonchev–Trinajstić information content (AvgIpc) is 2.98. The number of rotatable bonds is 12. The molecule has 2 amide bonds. The fourth-order valence-electron chi connectivity index (χ4n) is 5.24. The van der Waals surface area contributed by atoms with Gasteiger partial charge >= 0.3 is 0 Å². The molecule has 43 heavy (non-hydrogen) atoms. The van der Waals surface area contributed by atoms with E-state index in [0.29, 0.717) is 33.5 Å². The lowest BCUT2D eigenvalue weighted by molar-refractivity contribution is -0.140. The van der Waals surface area contributed by atoms with E-state index >= 15 is 0 Å². The fraction of sp³-hybridized carbons (Fsp3) is 0.375. The molecule has 0 spiro atoms. The summed E-state index contributed by atoms with van der Waals surface area (Å²) >= 11 is 12.9. The summed E-state index contributed by atoms with van der Waals surface area (Å²) in [5.74, 6) is 0.308. The van der Waals surface area contributed by atoms with Crippen molar-refractivity contribution in [1.29, 1.82) is 0 Å². The predicted molar refractivity (Wildman–Crippen MR) is 171 cm³/mol. The molecule has 8 nitrogen and oxygen atoms in total. The van der Waals surface area contributed by atoms with Gasteiger partial charge in [-0.05, 0) is 67.8 Å². The third-order valence-corrected chi connectivity index (χ3v) is 9.36. The average molecular weight is 647 g/mol. The van der Waals surface area contributed by atoms with Crippen LogP contribution in [0.4, 0.5) is 5.69 Å². The lowest BCUT2D eigenvalue weighted by atomic mass is 9.95. The Balaban J connectivity index is 1.61. The Labute approximate surface area is 264 Å². The molecule has 3 aromatic carbocycles. The number of hydrogen-bond acceptors (Lipinski definition) is 5. The van der Waals surface area contributed by atoms with E-state index in [1.165, 1.54) is 4.90 Å². The van der Waals surface area contributed by atoms with Crippen molar-refractivity contribution in [2.45, 2.75) is 64.1 Å². The molecular weight excluding hydrogens is 609 g/mol. The molecule has 3 aromatic rings. The molecule has 0 heterocycles. The fourth-order valence-corrected chi connectivity index (χ4v) is 6.60. The molecule has 0 aromatic heterocycles. The van der Waals surface area contributed by atoms with Crippen LogP contribution in [0.25, 0.3) is 0 Å². The summed E-state index contributed by atoms with van der Waals surface area (Å²) in [7, 11) is -3.89. The number of benzene rings is 3. The van der Waals surface area contributed by atoms with E-state index in [4.69, 9.17) is 27.9 Å². The summed E-state index contributed by atoms with van der Waals surface area (Å²) in [5, 5.41) is 3.81. The van der Waals surface area contributed by atoms with Crippen LogP contribution in [0.1, 0.15) is 51.0 Å². The number of nitrogens with zero attached hydrogens (tertiary/aromatic N) is 2. The summed E-state index contributed by atoms with van der Waals surface area (Å²) in [6.45, 7) is 1.24. The number of nitrogens with one attached hydrogen (secondary N) is 1. The van der Waals surface area contributed by atoms with Crippen molar-refractivity contribution in [3.8, 4) is 11.5 Å². The predicted octanol–water partition coefficient (Wildman–Crippen LogP) is 6.81. The van der Waals surface area contributed by atoms with Gasteiger partial charge in [0.25, 0.3) is 0 Å². The lowest BCUT2D eigenvalue weighted by Crippen LogP contribution is -2.54. The Morgan fingerprint density at radius 2 is 1.51 bits per heavy atom. The molecule has 1 fully saturated rings. The second-order valence-electron chi connectivity index (χ2n) is 10.7. The Morgan fingerprint density at radius 1 is 0.907 bits per heavy atom. The number of halogens is 2. The van der Waals surface area contributed by atoms with E-state index in [-0.39, 0.29) is 24.2 Å². The molecule has 230 valence electrons. The molecular formula is C32H37Cl2N3O5S. The van der Waals surface area contributed by atoms with Crippen molar-refractivity contribution in [2.24, 2.45) is 0 Å². The van der Waals surface area contributed by atoms with Gasteiger partial charge in [-0.25, -0.2) is 8.42 Å². The van der Waals surface area contributed by atoms with Gasteiger partial charge in [-0.3, -0.25) is 13.9 Å². The van der Waals surface area contributed by atoms with Crippen LogP contribution in [-0.4, -0.2) is 50.0 Å². The van der Waals surface area contributed by atoms with Crippen molar-refractivity contribution in [2.75, 3.05) is 17.1 Å². The number of carbonyl (C=O) groups excluding carboxylic acids is 2. The summed E-state index contributed by atoms with van der Waals surface area (Å²) < 4.78 is 32.8. The number of sulfonamides is 1. The van der Waals surface area contributed by atoms with Crippen LogP contribution in [0.3, 0.4) is 0 Å². The van der Waals surface area contributed by atoms with Crippen molar-refractivity contribution in [3.63, 3.8) is 0 Å². The smallest absolute Gasteiger partial charge is 0.244 e. The highest BCUT2D eigenvalue weighted by Crippen LogP contribution is 2.29. The Bertz CT molecular complexity index is 1480. The van der Waals surface area contributed by atoms with Gasteiger partial charge in [0, 0.05) is 28.2 Å². The topological polar surface area (TPSA) is 96.0 Å².